The van der Waals surface area contributed by atoms with Crippen LogP contribution in [0.3, 0.4) is 0 Å². The van der Waals surface area contributed by atoms with Crippen molar-refractivity contribution >= 4 is 11.8 Å². The molecule has 1 saturated heterocycles. The van der Waals surface area contributed by atoms with Crippen LogP contribution in [0.15, 0.2) is 41.2 Å². The number of amides is 2. The summed E-state index contributed by atoms with van der Waals surface area (Å²) >= 11 is 0. The summed E-state index contributed by atoms with van der Waals surface area (Å²) in [6.45, 7) is 4.90. The fourth-order valence-electron chi connectivity index (χ4n) is 3.49. The van der Waals surface area contributed by atoms with E-state index in [0.29, 0.717) is 18.7 Å². The van der Waals surface area contributed by atoms with Gasteiger partial charge in [-0.25, -0.2) is 0 Å². The van der Waals surface area contributed by atoms with Gasteiger partial charge in [0.25, 0.3) is 5.56 Å². The Morgan fingerprint density at radius 1 is 1.22 bits per heavy atom. The first-order valence-corrected chi connectivity index (χ1v) is 9.23. The Hall–Kier alpha value is -2.89. The van der Waals surface area contributed by atoms with E-state index >= 15 is 0 Å². The van der Waals surface area contributed by atoms with Crippen LogP contribution in [0, 0.1) is 19.8 Å². The fraction of sp³-hybridized carbons (Fsp3) is 0.381. The molecular weight excluding hydrogens is 342 g/mol. The molecule has 0 unspecified atom stereocenters. The molecule has 2 N–H and O–H groups in total. The lowest BCUT2D eigenvalue weighted by Gasteiger charge is -2.16. The molecule has 0 radical (unpaired) electrons. The van der Waals surface area contributed by atoms with Gasteiger partial charge in [0.05, 0.1) is 5.92 Å². The van der Waals surface area contributed by atoms with E-state index in [9.17, 15) is 14.4 Å². The van der Waals surface area contributed by atoms with Crippen LogP contribution < -0.4 is 10.9 Å². The molecule has 6 heteroatoms. The van der Waals surface area contributed by atoms with Crippen LogP contribution in [0.2, 0.25) is 0 Å². The van der Waals surface area contributed by atoms with Crippen LogP contribution in [-0.4, -0.2) is 34.8 Å². The number of likely N-dealkylation sites (tertiary alicyclic amines) is 1. The van der Waals surface area contributed by atoms with Gasteiger partial charge in [-0.1, -0.05) is 30.3 Å². The highest BCUT2D eigenvalue weighted by Gasteiger charge is 2.33. The lowest BCUT2D eigenvalue weighted by atomic mass is 10.1. The van der Waals surface area contributed by atoms with Gasteiger partial charge in [0.15, 0.2) is 0 Å². The second-order valence-corrected chi connectivity index (χ2v) is 7.14. The largest absolute Gasteiger partial charge is 0.351 e. The number of H-pyrrole nitrogens is 1. The quantitative estimate of drug-likeness (QED) is 0.815. The van der Waals surface area contributed by atoms with E-state index in [1.807, 2.05) is 50.2 Å². The SMILES string of the molecule is Cc1cc(C)c(CNC(=O)[C@@H]2CC(=O)N(CCc3ccccc3)C2)c(=O)[nH]1. The Balaban J connectivity index is 1.54. The van der Waals surface area contributed by atoms with Crippen molar-refractivity contribution in [3.63, 3.8) is 0 Å². The van der Waals surface area contributed by atoms with Gasteiger partial charge in [0.2, 0.25) is 11.8 Å². The van der Waals surface area contributed by atoms with Crippen LogP contribution >= 0.6 is 0 Å². The minimum atomic E-state index is -0.363. The highest BCUT2D eigenvalue weighted by molar-refractivity contribution is 5.89. The first-order chi connectivity index (χ1) is 12.9. The van der Waals surface area contributed by atoms with Crippen LogP contribution in [-0.2, 0) is 22.6 Å². The van der Waals surface area contributed by atoms with Gasteiger partial charge in [-0.2, -0.15) is 0 Å². The first kappa shape index (κ1) is 18.9. The first-order valence-electron chi connectivity index (χ1n) is 9.23. The summed E-state index contributed by atoms with van der Waals surface area (Å²) in [7, 11) is 0. The Morgan fingerprint density at radius 3 is 2.67 bits per heavy atom. The number of carbonyl (C=O) groups is 2. The molecule has 0 spiro atoms. The van der Waals surface area contributed by atoms with E-state index in [4.69, 9.17) is 0 Å². The molecule has 2 amide bonds. The van der Waals surface area contributed by atoms with Crippen LogP contribution in [0.1, 0.15) is 28.8 Å². The summed E-state index contributed by atoms with van der Waals surface area (Å²) in [5.74, 6) is -0.529. The van der Waals surface area contributed by atoms with Crippen LogP contribution in [0.4, 0.5) is 0 Å². The number of pyridine rings is 1. The second-order valence-electron chi connectivity index (χ2n) is 7.14. The molecule has 0 bridgehead atoms. The van der Waals surface area contributed by atoms with Gasteiger partial charge in [-0.3, -0.25) is 14.4 Å². The Kier molecular flexibility index (Phi) is 5.74. The van der Waals surface area contributed by atoms with E-state index in [0.717, 1.165) is 17.7 Å². The fourth-order valence-corrected chi connectivity index (χ4v) is 3.49. The summed E-state index contributed by atoms with van der Waals surface area (Å²) in [4.78, 5) is 41.2. The van der Waals surface area contributed by atoms with Crippen molar-refractivity contribution < 1.29 is 9.59 Å². The number of benzene rings is 1. The normalized spacial score (nSPS) is 16.6. The molecule has 6 nitrogen and oxygen atoms in total. The van der Waals surface area contributed by atoms with E-state index in [2.05, 4.69) is 10.3 Å². The van der Waals surface area contributed by atoms with Gasteiger partial charge < -0.3 is 15.2 Å². The second kappa shape index (κ2) is 8.20. The number of nitrogens with zero attached hydrogens (tertiary/aromatic N) is 1. The van der Waals surface area contributed by atoms with Crippen LogP contribution in [0.25, 0.3) is 0 Å². The number of carbonyl (C=O) groups excluding carboxylic acids is 2. The smallest absolute Gasteiger partial charge is 0.253 e. The topological polar surface area (TPSA) is 82.3 Å². The van der Waals surface area contributed by atoms with E-state index in [-0.39, 0.29) is 36.3 Å². The molecule has 142 valence electrons. The molecule has 1 atom stereocenters. The van der Waals surface area contributed by atoms with Gasteiger partial charge in [-0.05, 0) is 37.5 Å². The minimum absolute atomic E-state index is 0.00967. The summed E-state index contributed by atoms with van der Waals surface area (Å²) in [6, 6.07) is 11.9. The standard InChI is InChI=1S/C21H25N3O3/c1-14-10-15(2)23-21(27)18(14)12-22-20(26)17-11-19(25)24(13-17)9-8-16-6-4-3-5-7-16/h3-7,10,17H,8-9,11-13H2,1-2H3,(H,22,26)(H,23,27)/t17-/m1/s1. The lowest BCUT2D eigenvalue weighted by Crippen LogP contribution is -2.34. The monoisotopic (exact) mass is 367 g/mol. The number of nitrogens with one attached hydrogen (secondary N) is 2. The van der Waals surface area contributed by atoms with Gasteiger partial charge in [0.1, 0.15) is 0 Å². The number of rotatable bonds is 6. The maximum absolute atomic E-state index is 12.5. The molecule has 1 aromatic heterocycles. The van der Waals surface area contributed by atoms with E-state index in [1.54, 1.807) is 4.90 Å². The molecule has 2 aromatic rings. The summed E-state index contributed by atoms with van der Waals surface area (Å²) in [6.07, 6.45) is 1.00. The average Bonchev–Trinajstić information content (AvgIpc) is 3.00. The number of aromatic nitrogens is 1. The predicted octanol–water partition coefficient (Wildman–Crippen LogP) is 1.70. The van der Waals surface area contributed by atoms with E-state index in [1.165, 1.54) is 5.56 Å². The van der Waals surface area contributed by atoms with Crippen molar-refractivity contribution in [2.24, 2.45) is 5.92 Å². The highest BCUT2D eigenvalue weighted by atomic mass is 16.2. The molecule has 1 aromatic carbocycles. The maximum atomic E-state index is 12.5. The number of hydrogen-bond donors (Lipinski definition) is 2. The van der Waals surface area contributed by atoms with Crippen molar-refractivity contribution in [3.8, 4) is 0 Å². The van der Waals surface area contributed by atoms with Gasteiger partial charge in [0, 0.05) is 37.3 Å². The predicted molar refractivity (Wildman–Crippen MR) is 103 cm³/mol. The third-order valence-corrected chi connectivity index (χ3v) is 5.03. The van der Waals surface area contributed by atoms with E-state index < -0.39 is 0 Å². The average molecular weight is 367 g/mol. The Bertz CT molecular complexity index is 889. The summed E-state index contributed by atoms with van der Waals surface area (Å²) < 4.78 is 0. The number of aromatic amines is 1. The zero-order valence-corrected chi connectivity index (χ0v) is 15.7. The molecule has 0 aliphatic carbocycles. The van der Waals surface area contributed by atoms with Gasteiger partial charge in [-0.15, -0.1) is 0 Å². The van der Waals surface area contributed by atoms with Crippen molar-refractivity contribution in [1.82, 2.24) is 15.2 Å². The number of hydrogen-bond acceptors (Lipinski definition) is 3. The third-order valence-electron chi connectivity index (χ3n) is 5.03. The van der Waals surface area contributed by atoms with Crippen molar-refractivity contribution in [2.45, 2.75) is 33.2 Å². The molecule has 2 heterocycles. The lowest BCUT2D eigenvalue weighted by molar-refractivity contribution is -0.129. The molecule has 1 fully saturated rings. The number of aryl methyl sites for hydroxylation is 2. The molecule has 3 rings (SSSR count). The minimum Gasteiger partial charge on any atom is -0.351 e. The highest BCUT2D eigenvalue weighted by Crippen LogP contribution is 2.18. The molecule has 1 aliphatic heterocycles. The Morgan fingerprint density at radius 2 is 1.96 bits per heavy atom. The summed E-state index contributed by atoms with van der Waals surface area (Å²) in [5, 5.41) is 2.82. The Labute approximate surface area is 158 Å². The molecule has 1 aliphatic rings. The van der Waals surface area contributed by atoms with Crippen molar-refractivity contribution in [2.75, 3.05) is 13.1 Å². The maximum Gasteiger partial charge on any atom is 0.253 e. The van der Waals surface area contributed by atoms with Crippen molar-refractivity contribution in [3.05, 3.63) is 69.1 Å². The summed E-state index contributed by atoms with van der Waals surface area (Å²) in [5.41, 5.74) is 3.19. The third kappa shape index (κ3) is 4.64. The zero-order chi connectivity index (χ0) is 19.4. The molecule has 27 heavy (non-hydrogen) atoms. The zero-order valence-electron chi connectivity index (χ0n) is 15.7. The molecule has 0 saturated carbocycles. The van der Waals surface area contributed by atoms with Crippen molar-refractivity contribution in [1.29, 1.82) is 0 Å². The van der Waals surface area contributed by atoms with Crippen LogP contribution in [0.5, 0.6) is 0 Å². The van der Waals surface area contributed by atoms with Gasteiger partial charge >= 0.3 is 0 Å². The molecular formula is C21H25N3O3.